The van der Waals surface area contributed by atoms with Gasteiger partial charge in [-0.25, -0.2) is 0 Å². The van der Waals surface area contributed by atoms with E-state index < -0.39 is 0 Å². The normalized spacial score (nSPS) is 20.5. The summed E-state index contributed by atoms with van der Waals surface area (Å²) in [6, 6.07) is 2.11. The lowest BCUT2D eigenvalue weighted by molar-refractivity contribution is -0.134. The second kappa shape index (κ2) is 5.82. The molecule has 0 aliphatic carbocycles. The third-order valence-electron chi connectivity index (χ3n) is 3.33. The molecule has 0 radical (unpaired) electrons. The van der Waals surface area contributed by atoms with Crippen molar-refractivity contribution in [3.63, 3.8) is 0 Å². The first kappa shape index (κ1) is 12.1. The maximum atomic E-state index is 12.1. The second-order valence-electron chi connectivity index (χ2n) is 4.49. The Labute approximate surface area is 102 Å². The largest absolute Gasteiger partial charge is 0.338 e. The number of piperidine rings is 1. The predicted octanol–water partition coefficient (Wildman–Crippen LogP) is 0.613. The van der Waals surface area contributed by atoms with Crippen LogP contribution in [0.15, 0.2) is 18.5 Å². The number of nitrogens with two attached hydrogens (primary N) is 1. The van der Waals surface area contributed by atoms with Crippen LogP contribution < -0.4 is 5.73 Å². The molecule has 94 valence electrons. The topological polar surface area (TPSA) is 64.2 Å². The summed E-state index contributed by atoms with van der Waals surface area (Å²) < 4.78 is 1.79. The van der Waals surface area contributed by atoms with Gasteiger partial charge in [-0.15, -0.1) is 0 Å². The molecule has 5 nitrogen and oxygen atoms in total. The van der Waals surface area contributed by atoms with E-state index in [1.165, 1.54) is 6.42 Å². The molecule has 1 amide bonds. The molecule has 2 N–H and O–H groups in total. The van der Waals surface area contributed by atoms with Gasteiger partial charge in [0, 0.05) is 44.5 Å². The van der Waals surface area contributed by atoms with Crippen LogP contribution >= 0.6 is 0 Å². The van der Waals surface area contributed by atoms with E-state index in [0.717, 1.165) is 19.4 Å². The molecule has 17 heavy (non-hydrogen) atoms. The zero-order valence-corrected chi connectivity index (χ0v) is 10.1. The molecule has 1 fully saturated rings. The minimum Gasteiger partial charge on any atom is -0.338 e. The number of nitrogens with zero attached hydrogens (tertiary/aromatic N) is 3. The summed E-state index contributed by atoms with van der Waals surface area (Å²) in [6.07, 6.45) is 7.45. The van der Waals surface area contributed by atoms with Gasteiger partial charge in [0.25, 0.3) is 0 Å². The Bertz CT molecular complexity index is 349. The summed E-state index contributed by atoms with van der Waals surface area (Å²) >= 11 is 0. The van der Waals surface area contributed by atoms with Gasteiger partial charge in [-0.1, -0.05) is 0 Å². The van der Waals surface area contributed by atoms with Crippen molar-refractivity contribution in [3.05, 3.63) is 18.5 Å². The number of carbonyl (C=O) groups is 1. The van der Waals surface area contributed by atoms with E-state index in [4.69, 9.17) is 5.73 Å². The molecule has 0 spiro atoms. The van der Waals surface area contributed by atoms with Crippen molar-refractivity contribution in [2.75, 3.05) is 13.1 Å². The molecule has 1 aromatic heterocycles. The average molecular weight is 236 g/mol. The molecule has 1 aliphatic rings. The first-order valence-corrected chi connectivity index (χ1v) is 6.28. The smallest absolute Gasteiger partial charge is 0.224 e. The first-order chi connectivity index (χ1) is 8.31. The van der Waals surface area contributed by atoms with Crippen LogP contribution in [0.25, 0.3) is 0 Å². The van der Waals surface area contributed by atoms with Crippen molar-refractivity contribution in [1.29, 1.82) is 0 Å². The molecule has 2 rings (SSSR count). The summed E-state index contributed by atoms with van der Waals surface area (Å²) in [5, 5.41) is 4.09. The SMILES string of the molecule is NC[C@H]1CCCCN1C(=O)CCn1cccn1. The highest BCUT2D eigenvalue weighted by Gasteiger charge is 2.24. The third kappa shape index (κ3) is 3.06. The molecule has 2 heterocycles. The number of carbonyl (C=O) groups excluding carboxylic acids is 1. The van der Waals surface area contributed by atoms with Crippen molar-refractivity contribution in [2.45, 2.75) is 38.3 Å². The van der Waals surface area contributed by atoms with Crippen LogP contribution in [0.5, 0.6) is 0 Å². The van der Waals surface area contributed by atoms with E-state index >= 15 is 0 Å². The Kier molecular flexibility index (Phi) is 4.14. The number of likely N-dealkylation sites (tertiary alicyclic amines) is 1. The third-order valence-corrected chi connectivity index (χ3v) is 3.33. The van der Waals surface area contributed by atoms with Crippen LogP contribution in [0.4, 0.5) is 0 Å². The quantitative estimate of drug-likeness (QED) is 0.833. The molecule has 0 aromatic carbocycles. The van der Waals surface area contributed by atoms with Crippen LogP contribution in [0.3, 0.4) is 0 Å². The van der Waals surface area contributed by atoms with E-state index in [0.29, 0.717) is 19.5 Å². The fraction of sp³-hybridized carbons (Fsp3) is 0.667. The van der Waals surface area contributed by atoms with Crippen LogP contribution in [-0.4, -0.2) is 39.7 Å². The number of aryl methyl sites for hydroxylation is 1. The molecule has 1 aliphatic heterocycles. The Balaban J connectivity index is 1.85. The molecule has 1 aromatic rings. The van der Waals surface area contributed by atoms with Crippen molar-refractivity contribution in [2.24, 2.45) is 5.73 Å². The van der Waals surface area contributed by atoms with E-state index in [2.05, 4.69) is 5.10 Å². The van der Waals surface area contributed by atoms with Crippen LogP contribution in [0.2, 0.25) is 0 Å². The summed E-state index contributed by atoms with van der Waals surface area (Å²) in [5.74, 6) is 0.204. The van der Waals surface area contributed by atoms with Crippen molar-refractivity contribution >= 4 is 5.91 Å². The summed E-state index contributed by atoms with van der Waals surface area (Å²) in [7, 11) is 0. The lowest BCUT2D eigenvalue weighted by Gasteiger charge is -2.35. The Morgan fingerprint density at radius 1 is 1.47 bits per heavy atom. The zero-order valence-electron chi connectivity index (χ0n) is 10.1. The van der Waals surface area contributed by atoms with Gasteiger partial charge in [0.2, 0.25) is 5.91 Å². The van der Waals surface area contributed by atoms with Gasteiger partial charge in [0.15, 0.2) is 0 Å². The molecule has 0 bridgehead atoms. The van der Waals surface area contributed by atoms with Crippen LogP contribution in [0, 0.1) is 0 Å². The summed E-state index contributed by atoms with van der Waals surface area (Å²) in [6.45, 7) is 2.09. The lowest BCUT2D eigenvalue weighted by atomic mass is 10.0. The number of hydrogen-bond donors (Lipinski definition) is 1. The van der Waals surface area contributed by atoms with E-state index in [9.17, 15) is 4.79 Å². The summed E-state index contributed by atoms with van der Waals surface area (Å²) in [5.41, 5.74) is 5.71. The highest BCUT2D eigenvalue weighted by atomic mass is 16.2. The lowest BCUT2D eigenvalue weighted by Crippen LogP contribution is -2.47. The molecule has 0 unspecified atom stereocenters. The fourth-order valence-electron chi connectivity index (χ4n) is 2.36. The maximum absolute atomic E-state index is 12.1. The first-order valence-electron chi connectivity index (χ1n) is 6.28. The van der Waals surface area contributed by atoms with Crippen molar-refractivity contribution in [1.82, 2.24) is 14.7 Å². The van der Waals surface area contributed by atoms with Gasteiger partial charge in [-0.05, 0) is 25.3 Å². The zero-order chi connectivity index (χ0) is 12.1. The van der Waals surface area contributed by atoms with Crippen molar-refractivity contribution in [3.8, 4) is 0 Å². The minimum atomic E-state index is 0.204. The van der Waals surface area contributed by atoms with Gasteiger partial charge >= 0.3 is 0 Å². The Morgan fingerprint density at radius 2 is 2.35 bits per heavy atom. The van der Waals surface area contributed by atoms with E-state index in [1.807, 2.05) is 17.2 Å². The monoisotopic (exact) mass is 236 g/mol. The predicted molar refractivity (Wildman–Crippen MR) is 65.3 cm³/mol. The molecule has 1 saturated heterocycles. The highest BCUT2D eigenvalue weighted by Crippen LogP contribution is 2.17. The van der Waals surface area contributed by atoms with Gasteiger partial charge in [-0.3, -0.25) is 9.48 Å². The number of rotatable bonds is 4. The average Bonchev–Trinajstić information content (AvgIpc) is 2.89. The van der Waals surface area contributed by atoms with Crippen LogP contribution in [0.1, 0.15) is 25.7 Å². The van der Waals surface area contributed by atoms with Gasteiger partial charge < -0.3 is 10.6 Å². The standard InChI is InChI=1S/C12H20N4O/c13-10-11-4-1-2-8-16(11)12(17)5-9-15-7-3-6-14-15/h3,6-7,11H,1-2,4-5,8-10,13H2/t11-/m1/s1. The van der Waals surface area contributed by atoms with E-state index in [1.54, 1.807) is 10.9 Å². The number of aromatic nitrogens is 2. The van der Waals surface area contributed by atoms with Gasteiger partial charge in [0.05, 0.1) is 0 Å². The number of hydrogen-bond acceptors (Lipinski definition) is 3. The van der Waals surface area contributed by atoms with Crippen molar-refractivity contribution < 1.29 is 4.79 Å². The number of amides is 1. The fourth-order valence-corrected chi connectivity index (χ4v) is 2.36. The minimum absolute atomic E-state index is 0.204. The maximum Gasteiger partial charge on any atom is 0.224 e. The van der Waals surface area contributed by atoms with Crippen LogP contribution in [-0.2, 0) is 11.3 Å². The Hall–Kier alpha value is -1.36. The van der Waals surface area contributed by atoms with E-state index in [-0.39, 0.29) is 11.9 Å². The highest BCUT2D eigenvalue weighted by molar-refractivity contribution is 5.76. The molecular weight excluding hydrogens is 216 g/mol. The molecular formula is C12H20N4O. The molecule has 1 atom stereocenters. The Morgan fingerprint density at radius 3 is 3.06 bits per heavy atom. The summed E-state index contributed by atoms with van der Waals surface area (Å²) in [4.78, 5) is 14.0. The van der Waals surface area contributed by atoms with Gasteiger partial charge in [-0.2, -0.15) is 5.10 Å². The molecule has 0 saturated carbocycles. The molecule has 5 heteroatoms. The van der Waals surface area contributed by atoms with Gasteiger partial charge in [0.1, 0.15) is 0 Å². The second-order valence-corrected chi connectivity index (χ2v) is 4.49.